The molecular weight excluding hydrogens is 366 g/mol. The van der Waals surface area contributed by atoms with Crippen molar-refractivity contribution in [3.63, 3.8) is 0 Å². The summed E-state index contributed by atoms with van der Waals surface area (Å²) in [5.41, 5.74) is 1.74. The van der Waals surface area contributed by atoms with Crippen molar-refractivity contribution in [2.75, 3.05) is 7.05 Å². The van der Waals surface area contributed by atoms with Crippen LogP contribution in [0.25, 0.3) is 10.2 Å². The van der Waals surface area contributed by atoms with E-state index in [1.165, 1.54) is 4.90 Å². The first-order valence-corrected chi connectivity index (χ1v) is 9.47. The SMILES string of the molecule is CCc1noc(C)c1C(=O)OC(C)C(=O)N(C)Cc1nc2ccccc2s1. The molecule has 3 aromatic rings. The third-order valence-corrected chi connectivity index (χ3v) is 5.21. The standard InChI is InChI=1S/C19H21N3O4S/c1-5-13-17(11(2)26-21-13)19(24)25-12(3)18(23)22(4)10-16-20-14-8-6-7-9-15(14)27-16/h6-9,12H,5,10H2,1-4H3. The number of rotatable bonds is 6. The molecule has 0 saturated carbocycles. The van der Waals surface area contributed by atoms with Crippen molar-refractivity contribution in [3.05, 3.63) is 46.3 Å². The molecule has 27 heavy (non-hydrogen) atoms. The van der Waals surface area contributed by atoms with Gasteiger partial charge in [-0.2, -0.15) is 0 Å². The van der Waals surface area contributed by atoms with Gasteiger partial charge in [0.1, 0.15) is 16.3 Å². The van der Waals surface area contributed by atoms with Crippen molar-refractivity contribution < 1.29 is 18.8 Å². The lowest BCUT2D eigenvalue weighted by Crippen LogP contribution is -2.37. The average Bonchev–Trinajstić information content (AvgIpc) is 3.22. The molecule has 7 nitrogen and oxygen atoms in total. The van der Waals surface area contributed by atoms with Crippen molar-refractivity contribution in [1.29, 1.82) is 0 Å². The van der Waals surface area contributed by atoms with Gasteiger partial charge >= 0.3 is 5.97 Å². The number of carbonyl (C=O) groups excluding carboxylic acids is 2. The second kappa shape index (κ2) is 7.87. The third-order valence-electron chi connectivity index (χ3n) is 4.19. The lowest BCUT2D eigenvalue weighted by Gasteiger charge is -2.20. The zero-order chi connectivity index (χ0) is 19.6. The summed E-state index contributed by atoms with van der Waals surface area (Å²) in [5.74, 6) is -0.506. The number of thiazole rings is 1. The Kier molecular flexibility index (Phi) is 5.55. The van der Waals surface area contributed by atoms with Crippen LogP contribution in [-0.4, -0.2) is 40.1 Å². The van der Waals surface area contributed by atoms with Crippen molar-refractivity contribution in [1.82, 2.24) is 15.0 Å². The van der Waals surface area contributed by atoms with Crippen LogP contribution >= 0.6 is 11.3 Å². The van der Waals surface area contributed by atoms with Gasteiger partial charge in [0.25, 0.3) is 5.91 Å². The van der Waals surface area contributed by atoms with E-state index in [2.05, 4.69) is 10.1 Å². The smallest absolute Gasteiger partial charge is 0.344 e. The molecule has 1 amide bonds. The van der Waals surface area contributed by atoms with Crippen molar-refractivity contribution in [2.45, 2.75) is 39.8 Å². The molecule has 0 saturated heterocycles. The quantitative estimate of drug-likeness (QED) is 0.603. The molecule has 142 valence electrons. The van der Waals surface area contributed by atoms with Gasteiger partial charge in [-0.15, -0.1) is 11.3 Å². The minimum Gasteiger partial charge on any atom is -0.449 e. The average molecular weight is 387 g/mol. The fourth-order valence-electron chi connectivity index (χ4n) is 2.77. The number of hydrogen-bond acceptors (Lipinski definition) is 7. The molecule has 1 unspecified atom stereocenters. The molecule has 0 N–H and O–H groups in total. The lowest BCUT2D eigenvalue weighted by molar-refractivity contribution is -0.139. The fourth-order valence-corrected chi connectivity index (χ4v) is 3.79. The maximum Gasteiger partial charge on any atom is 0.344 e. The van der Waals surface area contributed by atoms with E-state index >= 15 is 0 Å². The first-order chi connectivity index (χ1) is 12.9. The van der Waals surface area contributed by atoms with Crippen LogP contribution in [0.2, 0.25) is 0 Å². The summed E-state index contributed by atoms with van der Waals surface area (Å²) in [6.45, 7) is 5.43. The highest BCUT2D eigenvalue weighted by Gasteiger charge is 2.27. The van der Waals surface area contributed by atoms with Crippen molar-refractivity contribution in [3.8, 4) is 0 Å². The minimum atomic E-state index is -0.920. The van der Waals surface area contributed by atoms with Gasteiger partial charge in [-0.3, -0.25) is 4.79 Å². The van der Waals surface area contributed by atoms with E-state index in [0.717, 1.165) is 15.2 Å². The Morgan fingerprint density at radius 2 is 2.07 bits per heavy atom. The van der Waals surface area contributed by atoms with E-state index in [1.54, 1.807) is 32.2 Å². The summed E-state index contributed by atoms with van der Waals surface area (Å²) in [6.07, 6.45) is -0.377. The predicted octanol–water partition coefficient (Wildman–Crippen LogP) is 3.36. The summed E-state index contributed by atoms with van der Waals surface area (Å²) < 4.78 is 11.5. The fraction of sp³-hybridized carbons (Fsp3) is 0.368. The topological polar surface area (TPSA) is 85.5 Å². The Morgan fingerprint density at radius 1 is 1.33 bits per heavy atom. The molecule has 1 atom stereocenters. The van der Waals surface area contributed by atoms with E-state index < -0.39 is 12.1 Å². The molecule has 2 aromatic heterocycles. The molecule has 0 aliphatic rings. The number of benzene rings is 1. The molecule has 0 radical (unpaired) electrons. The van der Waals surface area contributed by atoms with Gasteiger partial charge in [-0.25, -0.2) is 9.78 Å². The van der Waals surface area contributed by atoms with E-state index in [1.807, 2.05) is 31.2 Å². The van der Waals surface area contributed by atoms with Crippen LogP contribution in [0.1, 0.15) is 40.7 Å². The largest absolute Gasteiger partial charge is 0.449 e. The van der Waals surface area contributed by atoms with Gasteiger partial charge in [0.15, 0.2) is 6.10 Å². The minimum absolute atomic E-state index is 0.297. The van der Waals surface area contributed by atoms with Crippen molar-refractivity contribution >= 4 is 33.4 Å². The molecule has 0 bridgehead atoms. The Bertz CT molecular complexity index is 945. The Balaban J connectivity index is 1.65. The molecule has 0 spiro atoms. The maximum atomic E-state index is 12.6. The van der Waals surface area contributed by atoms with Gasteiger partial charge in [0.05, 0.1) is 22.5 Å². The van der Waals surface area contributed by atoms with Crippen LogP contribution in [0.15, 0.2) is 28.8 Å². The second-order valence-electron chi connectivity index (χ2n) is 6.23. The van der Waals surface area contributed by atoms with Crippen LogP contribution < -0.4 is 0 Å². The lowest BCUT2D eigenvalue weighted by atomic mass is 10.1. The number of aryl methyl sites for hydroxylation is 2. The number of likely N-dealkylation sites (N-methyl/N-ethyl adjacent to an activating group) is 1. The number of fused-ring (bicyclic) bond motifs is 1. The molecule has 8 heteroatoms. The van der Waals surface area contributed by atoms with Crippen LogP contribution in [0.5, 0.6) is 0 Å². The highest BCUT2D eigenvalue weighted by Crippen LogP contribution is 2.23. The number of nitrogens with zero attached hydrogens (tertiary/aromatic N) is 3. The van der Waals surface area contributed by atoms with Gasteiger partial charge in [-0.05, 0) is 32.4 Å². The summed E-state index contributed by atoms with van der Waals surface area (Å²) in [6, 6.07) is 7.82. The molecule has 0 aliphatic heterocycles. The number of esters is 1. The van der Waals surface area contributed by atoms with E-state index in [0.29, 0.717) is 30.0 Å². The zero-order valence-corrected chi connectivity index (χ0v) is 16.5. The van der Waals surface area contributed by atoms with Crippen LogP contribution in [0.4, 0.5) is 0 Å². The summed E-state index contributed by atoms with van der Waals surface area (Å²) in [5, 5.41) is 4.67. The predicted molar refractivity (Wildman–Crippen MR) is 102 cm³/mol. The van der Waals surface area contributed by atoms with Crippen LogP contribution in [0, 0.1) is 6.92 Å². The number of aromatic nitrogens is 2. The normalized spacial score (nSPS) is 12.1. The van der Waals surface area contributed by atoms with Crippen molar-refractivity contribution in [2.24, 2.45) is 0 Å². The Labute approximate surface area is 160 Å². The van der Waals surface area contributed by atoms with E-state index in [-0.39, 0.29) is 5.91 Å². The number of carbonyl (C=O) groups is 2. The molecule has 0 aliphatic carbocycles. The summed E-state index contributed by atoms with van der Waals surface area (Å²) >= 11 is 1.54. The number of hydrogen-bond donors (Lipinski definition) is 0. The summed E-state index contributed by atoms with van der Waals surface area (Å²) in [4.78, 5) is 31.0. The van der Waals surface area contributed by atoms with Crippen LogP contribution in [0.3, 0.4) is 0 Å². The zero-order valence-electron chi connectivity index (χ0n) is 15.7. The molecule has 1 aromatic carbocycles. The monoisotopic (exact) mass is 387 g/mol. The Hall–Kier alpha value is -2.74. The molecule has 2 heterocycles. The van der Waals surface area contributed by atoms with Gasteiger partial charge in [-0.1, -0.05) is 24.2 Å². The van der Waals surface area contributed by atoms with Gasteiger partial charge < -0.3 is 14.2 Å². The number of ether oxygens (including phenoxy) is 1. The van der Waals surface area contributed by atoms with E-state index in [4.69, 9.17) is 9.26 Å². The number of para-hydroxylation sites is 1. The molecular formula is C19H21N3O4S. The third kappa shape index (κ3) is 4.00. The first kappa shape index (κ1) is 19.0. The highest BCUT2D eigenvalue weighted by atomic mass is 32.1. The van der Waals surface area contributed by atoms with Crippen LogP contribution in [-0.2, 0) is 22.5 Å². The molecule has 0 fully saturated rings. The van der Waals surface area contributed by atoms with Gasteiger partial charge in [0.2, 0.25) is 0 Å². The van der Waals surface area contributed by atoms with E-state index in [9.17, 15) is 9.59 Å². The summed E-state index contributed by atoms with van der Waals surface area (Å²) in [7, 11) is 1.67. The molecule has 3 rings (SSSR count). The highest BCUT2D eigenvalue weighted by molar-refractivity contribution is 7.18. The second-order valence-corrected chi connectivity index (χ2v) is 7.35. The van der Waals surface area contributed by atoms with Gasteiger partial charge in [0, 0.05) is 7.05 Å². The number of amides is 1. The Morgan fingerprint density at radius 3 is 2.78 bits per heavy atom. The first-order valence-electron chi connectivity index (χ1n) is 8.66. The maximum absolute atomic E-state index is 12.6.